The van der Waals surface area contributed by atoms with Gasteiger partial charge in [-0.3, -0.25) is 0 Å². The molecule has 3 heteroatoms. The minimum atomic E-state index is -1.47. The third kappa shape index (κ3) is 3.66. The molecule has 0 amide bonds. The molecular formula is C31H29N2O+. The van der Waals surface area contributed by atoms with E-state index in [0.29, 0.717) is 16.8 Å². The fraction of sp³-hybridized carbons (Fsp3) is 0.226. The first-order valence-corrected chi connectivity index (χ1v) is 11.6. The predicted octanol–water partition coefficient (Wildman–Crippen LogP) is 8.11. The largest absolute Gasteiger partial charge is 0.466 e. The second kappa shape index (κ2) is 8.47. The summed E-state index contributed by atoms with van der Waals surface area (Å²) in [5.74, 6) is -0.168. The van der Waals surface area contributed by atoms with Crippen LogP contribution in [0.3, 0.4) is 0 Å². The molecule has 34 heavy (non-hydrogen) atoms. The summed E-state index contributed by atoms with van der Waals surface area (Å²) in [6, 6.07) is 22.1. The number of rotatable bonds is 4. The lowest BCUT2D eigenvalue weighted by atomic mass is 9.96. The maximum Gasteiger partial charge on any atom is 0.230 e. The Hall–Kier alpha value is -3.90. The number of pyridine rings is 1. The first-order valence-electron chi connectivity index (χ1n) is 12.6. The number of benzene rings is 3. The molecule has 0 spiro atoms. The summed E-state index contributed by atoms with van der Waals surface area (Å²) in [7, 11) is 2.00. The normalized spacial score (nSPS) is 12.7. The Bertz CT molecular complexity index is 1680. The Labute approximate surface area is 203 Å². The lowest BCUT2D eigenvalue weighted by Crippen LogP contribution is -2.35. The smallest absolute Gasteiger partial charge is 0.230 e. The fourth-order valence-corrected chi connectivity index (χ4v) is 4.67. The fourth-order valence-electron chi connectivity index (χ4n) is 4.67. The topological polar surface area (TPSA) is 21.4 Å². The van der Waals surface area contributed by atoms with Crippen molar-refractivity contribution in [3.05, 3.63) is 95.0 Å². The van der Waals surface area contributed by atoms with Crippen LogP contribution in [0.2, 0.25) is 0 Å². The van der Waals surface area contributed by atoms with Gasteiger partial charge in [0.25, 0.3) is 0 Å². The van der Waals surface area contributed by atoms with E-state index < -0.39 is 6.37 Å². The molecule has 0 aliphatic heterocycles. The molecule has 0 bridgehead atoms. The molecule has 0 saturated carbocycles. The van der Waals surface area contributed by atoms with E-state index in [1.165, 1.54) is 0 Å². The lowest BCUT2D eigenvalue weighted by molar-refractivity contribution is -0.666. The van der Waals surface area contributed by atoms with Gasteiger partial charge in [-0.05, 0) is 53.6 Å². The highest BCUT2D eigenvalue weighted by molar-refractivity contribution is 6.14. The van der Waals surface area contributed by atoms with Crippen molar-refractivity contribution >= 4 is 27.6 Å². The van der Waals surface area contributed by atoms with Crippen molar-refractivity contribution < 1.29 is 11.7 Å². The highest BCUT2D eigenvalue weighted by atomic mass is 16.3. The maximum absolute atomic E-state index is 8.71. The van der Waals surface area contributed by atoms with E-state index in [1.54, 1.807) is 0 Å². The summed E-state index contributed by atoms with van der Waals surface area (Å²) in [5.41, 5.74) is 8.29. The van der Waals surface area contributed by atoms with Crippen molar-refractivity contribution in [1.29, 1.82) is 0 Å². The van der Waals surface area contributed by atoms with Crippen molar-refractivity contribution in [2.75, 3.05) is 0 Å². The Morgan fingerprint density at radius 3 is 2.41 bits per heavy atom. The Morgan fingerprint density at radius 1 is 0.941 bits per heavy atom. The molecule has 2 aromatic heterocycles. The molecule has 5 aromatic rings. The third-order valence-electron chi connectivity index (χ3n) is 6.42. The Balaban J connectivity index is 1.84. The number of hydrogen-bond acceptors (Lipinski definition) is 1. The molecule has 0 atom stereocenters. The maximum atomic E-state index is 8.71. The van der Waals surface area contributed by atoms with Crippen LogP contribution in [0.25, 0.3) is 49.2 Å². The van der Waals surface area contributed by atoms with Crippen LogP contribution in [0.1, 0.15) is 33.4 Å². The summed E-state index contributed by atoms with van der Waals surface area (Å²) in [6.45, 7) is 15.7. The molecule has 3 aromatic carbocycles. The van der Waals surface area contributed by atoms with Gasteiger partial charge in [-0.1, -0.05) is 56.3 Å². The van der Waals surface area contributed by atoms with Crippen LogP contribution >= 0.6 is 0 Å². The van der Waals surface area contributed by atoms with Gasteiger partial charge in [0.1, 0.15) is 18.2 Å². The van der Waals surface area contributed by atoms with E-state index in [-0.39, 0.29) is 5.92 Å². The summed E-state index contributed by atoms with van der Waals surface area (Å²) in [6.07, 6.45) is -1.47. The second-order valence-electron chi connectivity index (χ2n) is 9.21. The number of aromatic nitrogens is 1. The van der Waals surface area contributed by atoms with E-state index in [9.17, 15) is 0 Å². The highest BCUT2D eigenvalue weighted by Gasteiger charge is 2.24. The van der Waals surface area contributed by atoms with E-state index in [2.05, 4.69) is 27.6 Å². The van der Waals surface area contributed by atoms with Crippen molar-refractivity contribution in [2.24, 2.45) is 13.0 Å². The molecule has 168 valence electrons. The molecular weight excluding hydrogens is 416 g/mol. The van der Waals surface area contributed by atoms with Crippen LogP contribution in [-0.4, -0.2) is 0 Å². The molecule has 0 aliphatic rings. The van der Waals surface area contributed by atoms with Crippen LogP contribution < -0.4 is 4.57 Å². The van der Waals surface area contributed by atoms with Gasteiger partial charge >= 0.3 is 0 Å². The van der Waals surface area contributed by atoms with E-state index >= 15 is 0 Å². The molecule has 0 fully saturated rings. The van der Waals surface area contributed by atoms with Gasteiger partial charge in [0.2, 0.25) is 11.4 Å². The van der Waals surface area contributed by atoms with Crippen molar-refractivity contribution in [2.45, 2.75) is 34.1 Å². The van der Waals surface area contributed by atoms with Crippen molar-refractivity contribution in [3.8, 4) is 22.4 Å². The summed E-state index contributed by atoms with van der Waals surface area (Å²) in [5, 5.41) is 1.86. The molecule has 3 nitrogen and oxygen atoms in total. The van der Waals surface area contributed by atoms with E-state index in [0.717, 1.165) is 50.0 Å². The first kappa shape index (κ1) is 19.6. The van der Waals surface area contributed by atoms with Gasteiger partial charge in [-0.2, -0.15) is 4.57 Å². The minimum absolute atomic E-state index is 0.168. The predicted molar refractivity (Wildman–Crippen MR) is 140 cm³/mol. The lowest BCUT2D eigenvalue weighted by Gasteiger charge is -2.11. The summed E-state index contributed by atoms with van der Waals surface area (Å²) in [4.78, 5) is 3.80. The number of furan rings is 1. The molecule has 2 heterocycles. The van der Waals surface area contributed by atoms with Crippen LogP contribution in [0.5, 0.6) is 0 Å². The average Bonchev–Trinajstić information content (AvgIpc) is 3.24. The quantitative estimate of drug-likeness (QED) is 0.201. The number of fused-ring (bicyclic) bond motifs is 3. The summed E-state index contributed by atoms with van der Waals surface area (Å²) < 4.78 is 26.0. The van der Waals surface area contributed by atoms with Crippen LogP contribution in [0.15, 0.2) is 71.1 Å². The molecule has 0 aliphatic carbocycles. The molecule has 5 rings (SSSR count). The van der Waals surface area contributed by atoms with Crippen LogP contribution in [0.4, 0.5) is 5.69 Å². The summed E-state index contributed by atoms with van der Waals surface area (Å²) >= 11 is 0. The number of nitrogens with zero attached hydrogens (tertiary/aromatic N) is 2. The zero-order valence-electron chi connectivity index (χ0n) is 22.2. The second-order valence-corrected chi connectivity index (χ2v) is 9.21. The van der Waals surface area contributed by atoms with Crippen LogP contribution in [-0.2, 0) is 13.4 Å². The van der Waals surface area contributed by atoms with Gasteiger partial charge in [-0.25, -0.2) is 4.85 Å². The molecule has 0 N–H and O–H groups in total. The molecule has 0 saturated heterocycles. The van der Waals surface area contributed by atoms with Crippen LogP contribution in [0, 0.1) is 26.3 Å². The van der Waals surface area contributed by atoms with Crippen molar-refractivity contribution in [3.63, 3.8) is 0 Å². The monoisotopic (exact) mass is 447 g/mol. The molecule has 0 unspecified atom stereocenters. The Kier molecular flexibility index (Phi) is 4.87. The zero-order valence-corrected chi connectivity index (χ0v) is 20.2. The van der Waals surface area contributed by atoms with Gasteiger partial charge in [0.05, 0.1) is 12.1 Å². The molecule has 0 radical (unpaired) electrons. The Morgan fingerprint density at radius 2 is 1.71 bits per heavy atom. The highest BCUT2D eigenvalue weighted by Crippen LogP contribution is 2.42. The van der Waals surface area contributed by atoms with Crippen molar-refractivity contribution in [1.82, 2.24) is 0 Å². The first-order chi connectivity index (χ1) is 17.1. The van der Waals surface area contributed by atoms with Gasteiger partial charge < -0.3 is 4.42 Å². The number of hydrogen-bond donors (Lipinski definition) is 0. The third-order valence-corrected chi connectivity index (χ3v) is 6.42. The van der Waals surface area contributed by atoms with E-state index in [4.69, 9.17) is 13.7 Å². The standard InChI is InChI=1S/C31H29N2O/c1-19(2)14-22-15-21(4)33(6)28(16-22)29-20(3)12-13-25-26-17-24(23-10-8-7-9-11-23)18-27(32-5)30(26)34-31(25)29/h7-13,15-19H,14H2,1-4,6H3/q+1/i14D2. The zero-order chi connectivity index (χ0) is 25.8. The number of aryl methyl sites for hydroxylation is 2. The average molecular weight is 448 g/mol. The van der Waals surface area contributed by atoms with Gasteiger partial charge in [-0.15, -0.1) is 0 Å². The minimum Gasteiger partial charge on any atom is -0.466 e. The van der Waals surface area contributed by atoms with Gasteiger partial charge in [0, 0.05) is 32.6 Å². The SMILES string of the molecule is [2H]C([2H])(c1cc(C)[n+](C)c(-c2c(C)ccc3c2oc2c([N+]#[C-])cc(-c4ccccc4)cc23)c1)C(C)C. The van der Waals surface area contributed by atoms with Gasteiger partial charge in [0.15, 0.2) is 5.69 Å². The van der Waals surface area contributed by atoms with E-state index in [1.807, 2.05) is 83.3 Å².